The van der Waals surface area contributed by atoms with Gasteiger partial charge in [-0.2, -0.15) is 0 Å². The zero-order valence-corrected chi connectivity index (χ0v) is 21.2. The maximum atomic E-state index is 13.2. The number of amides is 1. The van der Waals surface area contributed by atoms with Crippen molar-refractivity contribution >= 4 is 29.3 Å². The number of ketones is 1. The van der Waals surface area contributed by atoms with Crippen molar-refractivity contribution in [2.75, 3.05) is 5.73 Å². The number of benzene rings is 1. The molecule has 9 nitrogen and oxygen atoms in total. The van der Waals surface area contributed by atoms with Gasteiger partial charge in [0.15, 0.2) is 11.8 Å². The van der Waals surface area contributed by atoms with Crippen molar-refractivity contribution in [3.8, 4) is 5.75 Å². The molecule has 35 heavy (non-hydrogen) atoms. The lowest BCUT2D eigenvalue weighted by molar-refractivity contribution is -0.157. The van der Waals surface area contributed by atoms with Crippen LogP contribution in [0.25, 0.3) is 0 Å². The van der Waals surface area contributed by atoms with Crippen LogP contribution in [-0.2, 0) is 23.9 Å². The summed E-state index contributed by atoms with van der Waals surface area (Å²) in [6.45, 7) is 9.05. The third-order valence-corrected chi connectivity index (χ3v) is 6.32. The lowest BCUT2D eigenvalue weighted by Gasteiger charge is -2.29. The highest BCUT2D eigenvalue weighted by atomic mass is 16.6. The lowest BCUT2D eigenvalue weighted by Crippen LogP contribution is -2.50. The molecule has 0 aromatic heterocycles. The van der Waals surface area contributed by atoms with Crippen LogP contribution in [0.15, 0.2) is 18.2 Å². The zero-order chi connectivity index (χ0) is 26.3. The van der Waals surface area contributed by atoms with Crippen molar-refractivity contribution in [2.45, 2.75) is 85.0 Å². The van der Waals surface area contributed by atoms with Gasteiger partial charge in [0.05, 0.1) is 17.2 Å². The molecule has 1 amide bonds. The molecular formula is C26H38N2O7. The second-order valence-corrected chi connectivity index (χ2v) is 9.73. The predicted octanol–water partition coefficient (Wildman–Crippen LogP) is 3.38. The van der Waals surface area contributed by atoms with Crippen LogP contribution in [0.3, 0.4) is 0 Å². The summed E-state index contributed by atoms with van der Waals surface area (Å²) in [5.74, 6) is -3.48. The summed E-state index contributed by atoms with van der Waals surface area (Å²) in [4.78, 5) is 51.8. The van der Waals surface area contributed by atoms with Gasteiger partial charge in [-0.3, -0.25) is 14.4 Å². The fourth-order valence-corrected chi connectivity index (χ4v) is 4.38. The van der Waals surface area contributed by atoms with Crippen LogP contribution in [0, 0.1) is 17.8 Å². The first-order valence-corrected chi connectivity index (χ1v) is 12.3. The Bertz CT molecular complexity index is 930. The Hall–Kier alpha value is -3.10. The number of nitrogens with two attached hydrogens (primary N) is 1. The number of phenols is 1. The molecule has 5 unspecified atom stereocenters. The summed E-state index contributed by atoms with van der Waals surface area (Å²) in [5.41, 5.74) is 5.56. The van der Waals surface area contributed by atoms with E-state index in [2.05, 4.69) is 5.32 Å². The SMILES string of the molecule is CCCCC1C(=O)OC(C)C(NC(=O)c2cccc(N)c2O)C(=O)OC(C)C1CC(=O)CC(C)C. The molecule has 0 spiro atoms. The van der Waals surface area contributed by atoms with E-state index in [-0.39, 0.29) is 29.4 Å². The minimum atomic E-state index is -1.31. The molecule has 194 valence electrons. The maximum Gasteiger partial charge on any atom is 0.332 e. The standard InChI is InChI=1S/C26H38N2O7/c1-6-7-9-18-20(13-17(29)12-14(2)3)15(4)34-26(33)22(16(5)35-25(18)32)28-24(31)19-10-8-11-21(27)23(19)30/h8,10-11,14-16,18,20,22,30H,6-7,9,12-13,27H2,1-5H3,(H,28,31). The number of phenolic OH excluding ortho intramolecular Hbond substituents is 1. The summed E-state index contributed by atoms with van der Waals surface area (Å²) >= 11 is 0. The van der Waals surface area contributed by atoms with Crippen molar-refractivity contribution in [3.05, 3.63) is 23.8 Å². The second kappa shape index (κ2) is 12.6. The van der Waals surface area contributed by atoms with Crippen LogP contribution in [-0.4, -0.2) is 47.0 Å². The van der Waals surface area contributed by atoms with Crippen LogP contribution >= 0.6 is 0 Å². The van der Waals surface area contributed by atoms with Gasteiger partial charge in [-0.25, -0.2) is 4.79 Å². The van der Waals surface area contributed by atoms with Crippen molar-refractivity contribution in [3.63, 3.8) is 0 Å². The Morgan fingerprint density at radius 2 is 1.77 bits per heavy atom. The first kappa shape index (κ1) is 28.1. The first-order valence-electron chi connectivity index (χ1n) is 12.3. The van der Waals surface area contributed by atoms with Crippen molar-refractivity contribution < 1.29 is 33.8 Å². The molecule has 4 N–H and O–H groups in total. The van der Waals surface area contributed by atoms with E-state index in [1.807, 2.05) is 20.8 Å². The van der Waals surface area contributed by atoms with E-state index in [0.29, 0.717) is 12.8 Å². The molecular weight excluding hydrogens is 452 g/mol. The van der Waals surface area contributed by atoms with Gasteiger partial charge in [0.25, 0.3) is 5.91 Å². The number of cyclic esters (lactones) is 2. The first-order chi connectivity index (χ1) is 16.5. The highest BCUT2D eigenvalue weighted by Gasteiger charge is 2.42. The smallest absolute Gasteiger partial charge is 0.332 e. The summed E-state index contributed by atoms with van der Waals surface area (Å²) in [6, 6.07) is 2.97. The maximum absolute atomic E-state index is 13.2. The molecule has 5 atom stereocenters. The van der Waals surface area contributed by atoms with Gasteiger partial charge >= 0.3 is 11.9 Å². The number of hydrogen-bond donors (Lipinski definition) is 3. The molecule has 1 aliphatic heterocycles. The molecule has 9 heteroatoms. The van der Waals surface area contributed by atoms with Crippen LogP contribution in [0.4, 0.5) is 5.69 Å². The normalized spacial score (nSPS) is 25.1. The molecule has 1 aromatic carbocycles. The third-order valence-electron chi connectivity index (χ3n) is 6.32. The molecule has 1 heterocycles. The van der Waals surface area contributed by atoms with Crippen molar-refractivity contribution in [1.29, 1.82) is 0 Å². The molecule has 1 aromatic rings. The minimum absolute atomic E-state index is 0.00325. The Morgan fingerprint density at radius 1 is 1.11 bits per heavy atom. The molecule has 1 aliphatic rings. The summed E-state index contributed by atoms with van der Waals surface area (Å²) in [6.07, 6.45) is 0.769. The van der Waals surface area contributed by atoms with E-state index in [9.17, 15) is 24.3 Å². The van der Waals surface area contributed by atoms with Gasteiger partial charge in [0, 0.05) is 18.8 Å². The highest BCUT2D eigenvalue weighted by Crippen LogP contribution is 2.32. The van der Waals surface area contributed by atoms with Crippen LogP contribution in [0.5, 0.6) is 5.75 Å². The van der Waals surface area contributed by atoms with E-state index in [4.69, 9.17) is 15.2 Å². The number of Topliss-reactive ketones (excluding diaryl/α,β-unsaturated/α-hetero) is 1. The largest absolute Gasteiger partial charge is 0.505 e. The number of anilines is 1. The fraction of sp³-hybridized carbons (Fsp3) is 0.615. The number of unbranched alkanes of at least 4 members (excludes halogenated alkanes) is 1. The molecule has 1 saturated heterocycles. The van der Waals surface area contributed by atoms with Crippen LogP contribution in [0.1, 0.15) is 77.1 Å². The zero-order valence-electron chi connectivity index (χ0n) is 21.2. The number of ether oxygens (including phenoxy) is 2. The number of carbonyl (C=O) groups excluding carboxylic acids is 4. The third kappa shape index (κ3) is 7.44. The molecule has 2 rings (SSSR count). The Morgan fingerprint density at radius 3 is 2.40 bits per heavy atom. The molecule has 0 bridgehead atoms. The number of nitrogen functional groups attached to an aromatic ring is 1. The van der Waals surface area contributed by atoms with E-state index < -0.39 is 53.7 Å². The summed E-state index contributed by atoms with van der Waals surface area (Å²) < 4.78 is 11.3. The van der Waals surface area contributed by atoms with Gasteiger partial charge in [0.2, 0.25) is 0 Å². The Kier molecular flexibility index (Phi) is 10.1. The van der Waals surface area contributed by atoms with Gasteiger partial charge < -0.3 is 25.6 Å². The van der Waals surface area contributed by atoms with Gasteiger partial charge in [-0.15, -0.1) is 0 Å². The van der Waals surface area contributed by atoms with E-state index in [1.54, 1.807) is 6.92 Å². The molecule has 1 fully saturated rings. The lowest BCUT2D eigenvalue weighted by atomic mass is 9.80. The summed E-state index contributed by atoms with van der Waals surface area (Å²) in [7, 11) is 0. The van der Waals surface area contributed by atoms with Gasteiger partial charge in [-0.05, 0) is 38.3 Å². The number of esters is 2. The average molecular weight is 491 g/mol. The van der Waals surface area contributed by atoms with Gasteiger partial charge in [0.1, 0.15) is 18.0 Å². The molecule has 0 aliphatic carbocycles. The summed E-state index contributed by atoms with van der Waals surface area (Å²) in [5, 5.41) is 12.6. The highest BCUT2D eigenvalue weighted by molar-refractivity contribution is 6.00. The Labute approximate surface area is 206 Å². The van der Waals surface area contributed by atoms with E-state index in [0.717, 1.165) is 12.8 Å². The monoisotopic (exact) mass is 490 g/mol. The number of carbonyl (C=O) groups is 4. The van der Waals surface area contributed by atoms with Crippen molar-refractivity contribution in [1.82, 2.24) is 5.32 Å². The van der Waals surface area contributed by atoms with E-state index in [1.165, 1.54) is 25.1 Å². The quantitative estimate of drug-likeness (QED) is 0.271. The number of aromatic hydroxyl groups is 1. The van der Waals surface area contributed by atoms with E-state index >= 15 is 0 Å². The van der Waals surface area contributed by atoms with Crippen molar-refractivity contribution in [2.24, 2.45) is 17.8 Å². The van der Waals surface area contributed by atoms with Crippen LogP contribution in [0.2, 0.25) is 0 Å². The second-order valence-electron chi connectivity index (χ2n) is 9.73. The number of rotatable bonds is 9. The fourth-order valence-electron chi connectivity index (χ4n) is 4.38. The predicted molar refractivity (Wildman–Crippen MR) is 130 cm³/mol. The number of para-hydroxylation sites is 1. The van der Waals surface area contributed by atoms with Gasteiger partial charge in [-0.1, -0.05) is 39.7 Å². The Balaban J connectivity index is 2.33. The topological polar surface area (TPSA) is 145 Å². The minimum Gasteiger partial charge on any atom is -0.505 e. The number of nitrogens with one attached hydrogen (secondary N) is 1. The average Bonchev–Trinajstić information content (AvgIpc) is 2.79. The molecule has 0 saturated carbocycles. The number of hydrogen-bond acceptors (Lipinski definition) is 8. The molecule has 0 radical (unpaired) electrons. The van der Waals surface area contributed by atoms with Crippen LogP contribution < -0.4 is 11.1 Å².